The number of benzene rings is 2. The van der Waals surface area contributed by atoms with E-state index < -0.39 is 0 Å². The average molecular weight is 368 g/mol. The molecule has 1 aliphatic rings. The molecule has 0 bridgehead atoms. The molecule has 1 aliphatic heterocycles. The van der Waals surface area contributed by atoms with Gasteiger partial charge in [-0.15, -0.1) is 0 Å². The summed E-state index contributed by atoms with van der Waals surface area (Å²) in [6.45, 7) is 5.81. The molecule has 140 valence electrons. The summed E-state index contributed by atoms with van der Waals surface area (Å²) in [7, 11) is 0. The molecule has 0 radical (unpaired) electrons. The third-order valence-electron chi connectivity index (χ3n) is 4.84. The Balaban J connectivity index is 1.36. The van der Waals surface area contributed by atoms with E-state index in [-0.39, 0.29) is 11.6 Å². The number of nitrogens with zero attached hydrogens (tertiary/aromatic N) is 4. The van der Waals surface area contributed by atoms with Crippen molar-refractivity contribution in [1.82, 2.24) is 15.0 Å². The molecule has 0 atom stereocenters. The van der Waals surface area contributed by atoms with Crippen LogP contribution in [0, 0.1) is 12.7 Å². The number of aryl methyl sites for hydroxylation is 1. The van der Waals surface area contributed by atoms with Crippen molar-refractivity contribution in [2.45, 2.75) is 13.5 Å². The molecule has 0 unspecified atom stereocenters. The van der Waals surface area contributed by atoms with Crippen LogP contribution in [0.15, 0.2) is 47.0 Å². The normalized spacial score (nSPS) is 15.3. The fraction of sp³-hybridized carbons (Fsp3) is 0.300. The number of hydrogen-bond acceptors (Lipinski definition) is 6. The Bertz CT molecular complexity index is 918. The number of piperazine rings is 1. The highest BCUT2D eigenvalue weighted by Gasteiger charge is 2.20. The van der Waals surface area contributed by atoms with Gasteiger partial charge in [-0.05, 0) is 42.8 Å². The molecule has 0 spiro atoms. The first-order valence-electron chi connectivity index (χ1n) is 8.94. The SMILES string of the molecule is Cc1ccc(-c2noc(CN3CCN(c4ccc(O)cc4)CC3)n2)cc1F. The van der Waals surface area contributed by atoms with Crippen molar-refractivity contribution in [3.8, 4) is 17.1 Å². The van der Waals surface area contributed by atoms with Crippen LogP contribution in [-0.4, -0.2) is 46.3 Å². The van der Waals surface area contributed by atoms with E-state index in [0.29, 0.717) is 29.4 Å². The highest BCUT2D eigenvalue weighted by molar-refractivity contribution is 5.55. The standard InChI is InChI=1S/C20H21FN4O2/c1-14-2-3-15(12-18(14)21)20-22-19(27-23-20)13-24-8-10-25(11-9-24)16-4-6-17(26)7-5-16/h2-7,12,26H,8-11,13H2,1H3. The predicted octanol–water partition coefficient (Wildman–Crippen LogP) is 3.21. The topological polar surface area (TPSA) is 65.6 Å². The number of halogens is 1. The smallest absolute Gasteiger partial charge is 0.241 e. The Hall–Kier alpha value is -2.93. The summed E-state index contributed by atoms with van der Waals surface area (Å²) in [5, 5.41) is 13.4. The van der Waals surface area contributed by atoms with E-state index in [0.717, 1.165) is 31.9 Å². The van der Waals surface area contributed by atoms with Gasteiger partial charge in [0.05, 0.1) is 6.54 Å². The molecule has 6 nitrogen and oxygen atoms in total. The summed E-state index contributed by atoms with van der Waals surface area (Å²) >= 11 is 0. The summed E-state index contributed by atoms with van der Waals surface area (Å²) in [5.41, 5.74) is 2.31. The second-order valence-electron chi connectivity index (χ2n) is 6.76. The van der Waals surface area contributed by atoms with Crippen molar-refractivity contribution in [1.29, 1.82) is 0 Å². The molecular formula is C20H21FN4O2. The maximum atomic E-state index is 13.7. The average Bonchev–Trinajstić information content (AvgIpc) is 3.14. The van der Waals surface area contributed by atoms with Crippen molar-refractivity contribution in [3.63, 3.8) is 0 Å². The van der Waals surface area contributed by atoms with E-state index in [2.05, 4.69) is 19.9 Å². The van der Waals surface area contributed by atoms with Gasteiger partial charge >= 0.3 is 0 Å². The summed E-state index contributed by atoms with van der Waals surface area (Å²) in [6.07, 6.45) is 0. The van der Waals surface area contributed by atoms with E-state index in [1.165, 1.54) is 6.07 Å². The Morgan fingerprint density at radius 1 is 1.07 bits per heavy atom. The molecule has 2 aromatic carbocycles. The monoisotopic (exact) mass is 368 g/mol. The lowest BCUT2D eigenvalue weighted by Gasteiger charge is -2.35. The van der Waals surface area contributed by atoms with Gasteiger partial charge in [-0.3, -0.25) is 4.90 Å². The summed E-state index contributed by atoms with van der Waals surface area (Å²) in [4.78, 5) is 8.94. The number of anilines is 1. The number of aromatic hydroxyl groups is 1. The quantitative estimate of drug-likeness (QED) is 0.763. The minimum absolute atomic E-state index is 0.274. The molecule has 2 heterocycles. The van der Waals surface area contributed by atoms with Gasteiger partial charge in [0.15, 0.2) is 0 Å². The van der Waals surface area contributed by atoms with Gasteiger partial charge in [0.1, 0.15) is 11.6 Å². The van der Waals surface area contributed by atoms with Gasteiger partial charge in [0.25, 0.3) is 0 Å². The van der Waals surface area contributed by atoms with Crippen molar-refractivity contribution >= 4 is 5.69 Å². The molecule has 0 aliphatic carbocycles. The summed E-state index contributed by atoms with van der Waals surface area (Å²) < 4.78 is 19.1. The van der Waals surface area contributed by atoms with Crippen LogP contribution in [0.2, 0.25) is 0 Å². The molecule has 1 N–H and O–H groups in total. The lowest BCUT2D eigenvalue weighted by molar-refractivity contribution is 0.215. The minimum Gasteiger partial charge on any atom is -0.508 e. The second kappa shape index (κ2) is 7.36. The maximum absolute atomic E-state index is 13.7. The van der Waals surface area contributed by atoms with Crippen LogP contribution in [0.5, 0.6) is 5.75 Å². The van der Waals surface area contributed by atoms with Crippen molar-refractivity contribution < 1.29 is 14.0 Å². The van der Waals surface area contributed by atoms with Crippen LogP contribution in [0.25, 0.3) is 11.4 Å². The third kappa shape index (κ3) is 3.93. The summed E-state index contributed by atoms with van der Waals surface area (Å²) in [5.74, 6) is 0.943. The molecule has 3 aromatic rings. The fourth-order valence-electron chi connectivity index (χ4n) is 3.19. The lowest BCUT2D eigenvalue weighted by Crippen LogP contribution is -2.46. The molecular weight excluding hydrogens is 347 g/mol. The molecule has 0 amide bonds. The third-order valence-corrected chi connectivity index (χ3v) is 4.84. The van der Waals surface area contributed by atoms with Gasteiger partial charge in [-0.2, -0.15) is 4.98 Å². The van der Waals surface area contributed by atoms with Crippen LogP contribution in [0.4, 0.5) is 10.1 Å². The zero-order valence-electron chi connectivity index (χ0n) is 15.1. The highest BCUT2D eigenvalue weighted by Crippen LogP contribution is 2.22. The van der Waals surface area contributed by atoms with Gasteiger partial charge in [0.2, 0.25) is 11.7 Å². The minimum atomic E-state index is -0.274. The highest BCUT2D eigenvalue weighted by atomic mass is 19.1. The molecule has 27 heavy (non-hydrogen) atoms. The molecule has 1 aromatic heterocycles. The Labute approximate surface area is 156 Å². The number of rotatable bonds is 4. The van der Waals surface area contributed by atoms with Crippen molar-refractivity contribution in [2.24, 2.45) is 0 Å². The van der Waals surface area contributed by atoms with Gasteiger partial charge in [-0.25, -0.2) is 4.39 Å². The first kappa shape index (κ1) is 17.5. The molecule has 4 rings (SSSR count). The molecule has 0 saturated carbocycles. The largest absolute Gasteiger partial charge is 0.508 e. The summed E-state index contributed by atoms with van der Waals surface area (Å²) in [6, 6.07) is 12.2. The number of phenolic OH excluding ortho intramolecular Hbond substituents is 1. The number of phenols is 1. The maximum Gasteiger partial charge on any atom is 0.241 e. The van der Waals surface area contributed by atoms with E-state index in [4.69, 9.17) is 4.52 Å². The number of hydrogen-bond donors (Lipinski definition) is 1. The van der Waals surface area contributed by atoms with E-state index in [9.17, 15) is 9.50 Å². The first-order valence-corrected chi connectivity index (χ1v) is 8.94. The lowest BCUT2D eigenvalue weighted by atomic mass is 10.1. The molecule has 7 heteroatoms. The van der Waals surface area contributed by atoms with Gasteiger partial charge < -0.3 is 14.5 Å². The van der Waals surface area contributed by atoms with Crippen LogP contribution >= 0.6 is 0 Å². The van der Waals surface area contributed by atoms with Crippen LogP contribution in [0.1, 0.15) is 11.5 Å². The van der Waals surface area contributed by atoms with E-state index in [1.807, 2.05) is 12.1 Å². The Morgan fingerprint density at radius 2 is 1.81 bits per heavy atom. The Kier molecular flexibility index (Phi) is 4.77. The first-order chi connectivity index (χ1) is 13.1. The van der Waals surface area contributed by atoms with Crippen LogP contribution in [-0.2, 0) is 6.54 Å². The van der Waals surface area contributed by atoms with Crippen molar-refractivity contribution in [2.75, 3.05) is 31.1 Å². The fourth-order valence-corrected chi connectivity index (χ4v) is 3.19. The van der Waals surface area contributed by atoms with Gasteiger partial charge in [-0.1, -0.05) is 17.3 Å². The zero-order valence-corrected chi connectivity index (χ0v) is 15.1. The van der Waals surface area contributed by atoms with Crippen LogP contribution in [0.3, 0.4) is 0 Å². The van der Waals surface area contributed by atoms with E-state index >= 15 is 0 Å². The number of aromatic nitrogens is 2. The second-order valence-corrected chi connectivity index (χ2v) is 6.76. The molecule has 1 fully saturated rings. The van der Waals surface area contributed by atoms with Crippen LogP contribution < -0.4 is 4.90 Å². The Morgan fingerprint density at radius 3 is 2.52 bits per heavy atom. The predicted molar refractivity (Wildman–Crippen MR) is 100 cm³/mol. The molecule has 1 saturated heterocycles. The van der Waals surface area contributed by atoms with Crippen molar-refractivity contribution in [3.05, 3.63) is 59.7 Å². The van der Waals surface area contributed by atoms with Gasteiger partial charge in [0, 0.05) is 37.4 Å². The zero-order chi connectivity index (χ0) is 18.8. The van der Waals surface area contributed by atoms with E-state index in [1.54, 1.807) is 31.2 Å².